The van der Waals surface area contributed by atoms with E-state index in [2.05, 4.69) is 31.2 Å². The summed E-state index contributed by atoms with van der Waals surface area (Å²) in [6.45, 7) is 2.01. The van der Waals surface area contributed by atoms with Gasteiger partial charge in [0.2, 0.25) is 0 Å². The largest absolute Gasteiger partial charge is 0.373 e. The van der Waals surface area contributed by atoms with Gasteiger partial charge in [-0.2, -0.15) is 0 Å². The van der Waals surface area contributed by atoms with Gasteiger partial charge in [-0.25, -0.2) is 9.97 Å². The fraction of sp³-hybridized carbons (Fsp3) is 0.167. The number of hydrogen-bond donors (Lipinski definition) is 1. The summed E-state index contributed by atoms with van der Waals surface area (Å²) in [6.07, 6.45) is 1.58. The molecule has 0 saturated carbocycles. The summed E-state index contributed by atoms with van der Waals surface area (Å²) < 4.78 is 1.04. The zero-order valence-electron chi connectivity index (χ0n) is 9.16. The summed E-state index contributed by atoms with van der Waals surface area (Å²) >= 11 is 3.53. The van der Waals surface area contributed by atoms with Crippen molar-refractivity contribution in [2.24, 2.45) is 0 Å². The van der Waals surface area contributed by atoms with E-state index < -0.39 is 0 Å². The Morgan fingerprint density at radius 1 is 1.19 bits per heavy atom. The molecule has 0 radical (unpaired) electrons. The number of halogens is 1. The first-order chi connectivity index (χ1) is 7.74. The van der Waals surface area contributed by atoms with E-state index in [4.69, 9.17) is 0 Å². The highest BCUT2D eigenvalue weighted by molar-refractivity contribution is 9.10. The van der Waals surface area contributed by atoms with Gasteiger partial charge in [0, 0.05) is 22.6 Å². The first-order valence-electron chi connectivity index (χ1n) is 4.98. The predicted octanol–water partition coefficient (Wildman–Crippen LogP) is 3.26. The quantitative estimate of drug-likeness (QED) is 0.916. The highest BCUT2D eigenvalue weighted by Gasteiger charge is 2.10. The molecule has 0 atom stereocenters. The first-order valence-corrected chi connectivity index (χ1v) is 5.77. The molecule has 3 nitrogen and oxygen atoms in total. The van der Waals surface area contributed by atoms with E-state index in [1.807, 2.05) is 38.2 Å². The molecule has 1 heterocycles. The van der Waals surface area contributed by atoms with Crippen LogP contribution in [-0.4, -0.2) is 17.0 Å². The molecule has 0 fully saturated rings. The Kier molecular flexibility index (Phi) is 3.19. The van der Waals surface area contributed by atoms with Crippen LogP contribution < -0.4 is 5.32 Å². The third-order valence-corrected chi connectivity index (χ3v) is 3.14. The minimum absolute atomic E-state index is 0.862. The van der Waals surface area contributed by atoms with Crippen LogP contribution in [0.4, 0.5) is 5.82 Å². The van der Waals surface area contributed by atoms with Gasteiger partial charge in [0.1, 0.15) is 12.1 Å². The van der Waals surface area contributed by atoms with E-state index in [0.717, 1.165) is 27.1 Å². The van der Waals surface area contributed by atoms with Crippen LogP contribution in [0.15, 0.2) is 35.1 Å². The second kappa shape index (κ2) is 4.61. The summed E-state index contributed by atoms with van der Waals surface area (Å²) in [7, 11) is 1.86. The number of nitrogens with one attached hydrogen (secondary N) is 1. The van der Waals surface area contributed by atoms with Crippen molar-refractivity contribution in [3.05, 3.63) is 40.6 Å². The maximum absolute atomic E-state index is 4.34. The molecule has 0 aliphatic heterocycles. The van der Waals surface area contributed by atoms with Gasteiger partial charge in [-0.15, -0.1) is 0 Å². The van der Waals surface area contributed by atoms with Crippen LogP contribution in [0.2, 0.25) is 0 Å². The number of rotatable bonds is 2. The Morgan fingerprint density at radius 3 is 2.62 bits per heavy atom. The molecular formula is C12H12BrN3. The molecular weight excluding hydrogens is 266 g/mol. The van der Waals surface area contributed by atoms with Gasteiger partial charge in [0.05, 0.1) is 5.69 Å². The molecule has 0 amide bonds. The van der Waals surface area contributed by atoms with Crippen molar-refractivity contribution in [3.8, 4) is 11.3 Å². The third-order valence-electron chi connectivity index (χ3n) is 2.45. The molecule has 82 valence electrons. The lowest BCUT2D eigenvalue weighted by Gasteiger charge is -2.09. The lowest BCUT2D eigenvalue weighted by atomic mass is 10.1. The first kappa shape index (κ1) is 11.1. The van der Waals surface area contributed by atoms with Crippen molar-refractivity contribution in [3.63, 3.8) is 0 Å². The molecule has 0 unspecified atom stereocenters. The smallest absolute Gasteiger partial charge is 0.132 e. The molecule has 4 heteroatoms. The number of anilines is 1. The summed E-state index contributed by atoms with van der Waals surface area (Å²) in [6, 6.07) is 8.04. The van der Waals surface area contributed by atoms with Gasteiger partial charge in [0.25, 0.3) is 0 Å². The van der Waals surface area contributed by atoms with Gasteiger partial charge < -0.3 is 5.32 Å². The Balaban J connectivity index is 2.61. The molecule has 2 aromatic rings. The highest BCUT2D eigenvalue weighted by Crippen LogP contribution is 2.30. The van der Waals surface area contributed by atoms with E-state index in [9.17, 15) is 0 Å². The molecule has 1 aromatic carbocycles. The van der Waals surface area contributed by atoms with Gasteiger partial charge in [-0.05, 0) is 13.0 Å². The molecule has 16 heavy (non-hydrogen) atoms. The molecule has 1 aromatic heterocycles. The average Bonchev–Trinajstić information content (AvgIpc) is 2.31. The van der Waals surface area contributed by atoms with Crippen LogP contribution in [0.3, 0.4) is 0 Å². The molecule has 2 rings (SSSR count). The number of benzene rings is 1. The van der Waals surface area contributed by atoms with Crippen LogP contribution in [0, 0.1) is 6.92 Å². The van der Waals surface area contributed by atoms with E-state index in [1.54, 1.807) is 6.33 Å². The molecule has 1 N–H and O–H groups in total. The average molecular weight is 278 g/mol. The Morgan fingerprint density at radius 2 is 1.94 bits per heavy atom. The van der Waals surface area contributed by atoms with Crippen LogP contribution in [0.1, 0.15) is 5.56 Å². The van der Waals surface area contributed by atoms with Crippen molar-refractivity contribution in [1.82, 2.24) is 9.97 Å². The highest BCUT2D eigenvalue weighted by atomic mass is 79.9. The lowest BCUT2D eigenvalue weighted by Crippen LogP contribution is -1.99. The van der Waals surface area contributed by atoms with Crippen molar-refractivity contribution in [2.75, 3.05) is 12.4 Å². The summed E-state index contributed by atoms with van der Waals surface area (Å²) in [5.74, 6) is 0.862. The van der Waals surface area contributed by atoms with Crippen molar-refractivity contribution in [1.29, 1.82) is 0 Å². The van der Waals surface area contributed by atoms with Gasteiger partial charge in [-0.3, -0.25) is 0 Å². The fourth-order valence-electron chi connectivity index (χ4n) is 1.63. The molecule has 0 aliphatic carbocycles. The normalized spacial score (nSPS) is 10.2. The van der Waals surface area contributed by atoms with Crippen LogP contribution >= 0.6 is 15.9 Å². The van der Waals surface area contributed by atoms with Gasteiger partial charge >= 0.3 is 0 Å². The van der Waals surface area contributed by atoms with Crippen molar-refractivity contribution in [2.45, 2.75) is 6.92 Å². The zero-order chi connectivity index (χ0) is 11.5. The lowest BCUT2D eigenvalue weighted by molar-refractivity contribution is 1.13. The second-order valence-corrected chi connectivity index (χ2v) is 4.28. The van der Waals surface area contributed by atoms with Crippen molar-refractivity contribution >= 4 is 21.7 Å². The number of nitrogens with zero attached hydrogens (tertiary/aromatic N) is 2. The monoisotopic (exact) mass is 277 g/mol. The minimum Gasteiger partial charge on any atom is -0.373 e. The topological polar surface area (TPSA) is 37.8 Å². The SMILES string of the molecule is CNc1ncnc(-c2ccccc2Br)c1C. The Labute approximate surface area is 103 Å². The molecule has 0 aliphatic rings. The van der Waals surface area contributed by atoms with E-state index in [1.165, 1.54) is 0 Å². The summed E-state index contributed by atoms with van der Waals surface area (Å²) in [5, 5.41) is 3.06. The number of aromatic nitrogens is 2. The molecule has 0 saturated heterocycles. The predicted molar refractivity (Wildman–Crippen MR) is 69.5 cm³/mol. The van der Waals surface area contributed by atoms with E-state index in [-0.39, 0.29) is 0 Å². The van der Waals surface area contributed by atoms with Crippen LogP contribution in [0.5, 0.6) is 0 Å². The zero-order valence-corrected chi connectivity index (χ0v) is 10.7. The van der Waals surface area contributed by atoms with Crippen LogP contribution in [-0.2, 0) is 0 Å². The van der Waals surface area contributed by atoms with E-state index >= 15 is 0 Å². The second-order valence-electron chi connectivity index (χ2n) is 3.43. The standard InChI is InChI=1S/C12H12BrN3/c1-8-11(15-7-16-12(8)14-2)9-5-3-4-6-10(9)13/h3-7H,1-2H3,(H,14,15,16). The molecule has 0 bridgehead atoms. The van der Waals surface area contributed by atoms with Gasteiger partial charge in [-0.1, -0.05) is 34.1 Å². The Hall–Kier alpha value is -1.42. The maximum atomic E-state index is 4.34. The third kappa shape index (κ3) is 1.93. The maximum Gasteiger partial charge on any atom is 0.132 e. The van der Waals surface area contributed by atoms with E-state index in [0.29, 0.717) is 0 Å². The Bertz CT molecular complexity index is 511. The number of hydrogen-bond acceptors (Lipinski definition) is 3. The summed E-state index contributed by atoms with van der Waals surface area (Å²) in [4.78, 5) is 8.51. The summed E-state index contributed by atoms with van der Waals surface area (Å²) in [5.41, 5.74) is 3.09. The van der Waals surface area contributed by atoms with Crippen LogP contribution in [0.25, 0.3) is 11.3 Å². The van der Waals surface area contributed by atoms with Crippen molar-refractivity contribution < 1.29 is 0 Å². The molecule has 0 spiro atoms. The minimum atomic E-state index is 0.862. The van der Waals surface area contributed by atoms with Gasteiger partial charge in [0.15, 0.2) is 0 Å². The fourth-order valence-corrected chi connectivity index (χ4v) is 2.10.